The van der Waals surface area contributed by atoms with Crippen LogP contribution in [0.15, 0.2) is 66.7 Å². The number of rotatable bonds is 5. The molecule has 0 radical (unpaired) electrons. The minimum Gasteiger partial charge on any atom is -0.497 e. The van der Waals surface area contributed by atoms with Gasteiger partial charge in [0, 0.05) is 10.4 Å². The quantitative estimate of drug-likeness (QED) is 0.480. The Morgan fingerprint density at radius 1 is 1.00 bits per heavy atom. The summed E-state index contributed by atoms with van der Waals surface area (Å²) in [6, 6.07) is 22.5. The smallest absolute Gasteiger partial charge is 0.202 e. The molecule has 0 amide bonds. The Kier molecular flexibility index (Phi) is 5.08. The first kappa shape index (κ1) is 16.7. The van der Waals surface area contributed by atoms with Crippen LogP contribution in [0.4, 0.5) is 0 Å². The van der Waals surface area contributed by atoms with Crippen molar-refractivity contribution >= 4 is 28.8 Å². The number of nitriles is 1. The van der Waals surface area contributed by atoms with E-state index in [2.05, 4.69) is 6.07 Å². The second-order valence-electron chi connectivity index (χ2n) is 5.30. The van der Waals surface area contributed by atoms with Gasteiger partial charge < -0.3 is 4.74 Å². The molecule has 3 nitrogen and oxygen atoms in total. The Hall–Kier alpha value is -3.16. The standard InChI is InChI=1S/C21H15NO2S/c1-24-18-9-7-16(8-10-18)21(23)20-12-11-19(25-20)17(14-22)13-15-5-3-2-4-6-15/h2-13H,1H3/b17-13-. The van der Waals surface area contributed by atoms with Crippen LogP contribution in [0.5, 0.6) is 5.75 Å². The first-order valence-electron chi connectivity index (χ1n) is 7.67. The molecule has 0 saturated heterocycles. The third kappa shape index (κ3) is 3.85. The van der Waals surface area contributed by atoms with Crippen molar-refractivity contribution in [1.82, 2.24) is 0 Å². The maximum atomic E-state index is 12.6. The van der Waals surface area contributed by atoms with Crippen LogP contribution in [-0.2, 0) is 0 Å². The van der Waals surface area contributed by atoms with E-state index in [1.807, 2.05) is 42.5 Å². The fraction of sp³-hybridized carbons (Fsp3) is 0.0476. The number of carbonyl (C=O) groups is 1. The number of benzene rings is 2. The number of thiophene rings is 1. The van der Waals surface area contributed by atoms with Gasteiger partial charge in [-0.1, -0.05) is 30.3 Å². The lowest BCUT2D eigenvalue weighted by molar-refractivity contribution is 0.104. The van der Waals surface area contributed by atoms with E-state index in [1.54, 1.807) is 37.4 Å². The molecule has 0 bridgehead atoms. The molecule has 0 fully saturated rings. The maximum Gasteiger partial charge on any atom is 0.202 e. The summed E-state index contributed by atoms with van der Waals surface area (Å²) >= 11 is 1.33. The highest BCUT2D eigenvalue weighted by Gasteiger charge is 2.14. The van der Waals surface area contributed by atoms with E-state index >= 15 is 0 Å². The molecule has 3 aromatic rings. The Labute approximate surface area is 150 Å². The Morgan fingerprint density at radius 2 is 1.68 bits per heavy atom. The van der Waals surface area contributed by atoms with Crippen LogP contribution in [0.25, 0.3) is 11.6 Å². The predicted molar refractivity (Wildman–Crippen MR) is 101 cm³/mol. The van der Waals surface area contributed by atoms with Gasteiger partial charge in [-0.25, -0.2) is 0 Å². The van der Waals surface area contributed by atoms with Crippen molar-refractivity contribution in [2.24, 2.45) is 0 Å². The summed E-state index contributed by atoms with van der Waals surface area (Å²) < 4.78 is 5.11. The lowest BCUT2D eigenvalue weighted by atomic mass is 10.1. The van der Waals surface area contributed by atoms with E-state index in [1.165, 1.54) is 11.3 Å². The lowest BCUT2D eigenvalue weighted by Crippen LogP contribution is -1.98. The highest BCUT2D eigenvalue weighted by atomic mass is 32.1. The zero-order valence-electron chi connectivity index (χ0n) is 13.6. The summed E-state index contributed by atoms with van der Waals surface area (Å²) in [5.41, 5.74) is 2.10. The monoisotopic (exact) mass is 345 g/mol. The van der Waals surface area contributed by atoms with Gasteiger partial charge in [0.1, 0.15) is 11.8 Å². The van der Waals surface area contributed by atoms with Crippen molar-refractivity contribution in [3.63, 3.8) is 0 Å². The zero-order valence-corrected chi connectivity index (χ0v) is 14.4. The van der Waals surface area contributed by atoms with Gasteiger partial charge in [0.05, 0.1) is 17.6 Å². The molecule has 0 spiro atoms. The van der Waals surface area contributed by atoms with Crippen LogP contribution in [-0.4, -0.2) is 12.9 Å². The summed E-state index contributed by atoms with van der Waals surface area (Å²) in [5, 5.41) is 9.45. The molecular formula is C21H15NO2S. The van der Waals surface area contributed by atoms with Crippen molar-refractivity contribution in [1.29, 1.82) is 5.26 Å². The first-order valence-corrected chi connectivity index (χ1v) is 8.48. The number of ketones is 1. The predicted octanol–water partition coefficient (Wildman–Crippen LogP) is 5.05. The van der Waals surface area contributed by atoms with Gasteiger partial charge in [-0.2, -0.15) is 5.26 Å². The number of carbonyl (C=O) groups excluding carboxylic acids is 1. The van der Waals surface area contributed by atoms with Crippen molar-refractivity contribution in [3.8, 4) is 11.8 Å². The van der Waals surface area contributed by atoms with Crippen LogP contribution < -0.4 is 4.74 Å². The largest absolute Gasteiger partial charge is 0.497 e. The minimum atomic E-state index is -0.0593. The van der Waals surface area contributed by atoms with Gasteiger partial charge in [0.2, 0.25) is 5.78 Å². The third-order valence-corrected chi connectivity index (χ3v) is 4.80. The van der Waals surface area contributed by atoms with Crippen molar-refractivity contribution in [2.75, 3.05) is 7.11 Å². The van der Waals surface area contributed by atoms with Crippen molar-refractivity contribution in [2.45, 2.75) is 0 Å². The molecule has 0 aliphatic heterocycles. The molecule has 25 heavy (non-hydrogen) atoms. The van der Waals surface area contributed by atoms with Gasteiger partial charge in [-0.3, -0.25) is 4.79 Å². The number of ether oxygens (including phenoxy) is 1. The first-order chi connectivity index (χ1) is 12.2. The van der Waals surface area contributed by atoms with Crippen LogP contribution >= 0.6 is 11.3 Å². The fourth-order valence-electron chi connectivity index (χ4n) is 2.36. The zero-order chi connectivity index (χ0) is 17.6. The van der Waals surface area contributed by atoms with Crippen LogP contribution in [0.2, 0.25) is 0 Å². The van der Waals surface area contributed by atoms with Gasteiger partial charge in [0.25, 0.3) is 0 Å². The molecule has 0 aliphatic rings. The molecule has 0 N–H and O–H groups in total. The molecule has 0 saturated carbocycles. The van der Waals surface area contributed by atoms with E-state index in [0.717, 1.165) is 10.4 Å². The van der Waals surface area contributed by atoms with E-state index in [-0.39, 0.29) is 5.78 Å². The molecule has 3 rings (SSSR count). The number of allylic oxidation sites excluding steroid dienone is 1. The molecule has 0 unspecified atom stereocenters. The molecule has 1 aromatic heterocycles. The van der Waals surface area contributed by atoms with E-state index < -0.39 is 0 Å². The van der Waals surface area contributed by atoms with Crippen LogP contribution in [0, 0.1) is 11.3 Å². The summed E-state index contributed by atoms with van der Waals surface area (Å²) in [6.07, 6.45) is 1.83. The summed E-state index contributed by atoms with van der Waals surface area (Å²) in [7, 11) is 1.59. The topological polar surface area (TPSA) is 50.1 Å². The molecule has 0 aliphatic carbocycles. The second-order valence-corrected chi connectivity index (χ2v) is 6.39. The number of methoxy groups -OCH3 is 1. The van der Waals surface area contributed by atoms with E-state index in [4.69, 9.17) is 4.74 Å². The average molecular weight is 345 g/mol. The number of hydrogen-bond donors (Lipinski definition) is 0. The van der Waals surface area contributed by atoms with Crippen LogP contribution in [0.1, 0.15) is 25.7 Å². The van der Waals surface area contributed by atoms with Gasteiger partial charge >= 0.3 is 0 Å². The highest BCUT2D eigenvalue weighted by Crippen LogP contribution is 2.27. The SMILES string of the molecule is COc1ccc(C(=O)c2ccc(/C(C#N)=C\c3ccccc3)s2)cc1. The normalized spacial score (nSPS) is 11.0. The van der Waals surface area contributed by atoms with Gasteiger partial charge in [0.15, 0.2) is 0 Å². The van der Waals surface area contributed by atoms with E-state index in [0.29, 0.717) is 21.8 Å². The number of hydrogen-bond acceptors (Lipinski definition) is 4. The molecule has 0 atom stereocenters. The minimum absolute atomic E-state index is 0.0593. The lowest BCUT2D eigenvalue weighted by Gasteiger charge is -2.01. The molecule has 122 valence electrons. The van der Waals surface area contributed by atoms with Crippen molar-refractivity contribution in [3.05, 3.63) is 87.6 Å². The molecule has 1 heterocycles. The third-order valence-electron chi connectivity index (χ3n) is 3.68. The summed E-state index contributed by atoms with van der Waals surface area (Å²) in [6.45, 7) is 0. The molecular weight excluding hydrogens is 330 g/mol. The van der Waals surface area contributed by atoms with Crippen LogP contribution in [0.3, 0.4) is 0 Å². The summed E-state index contributed by atoms with van der Waals surface area (Å²) in [5.74, 6) is 0.650. The Bertz CT molecular complexity index is 948. The molecule has 2 aromatic carbocycles. The van der Waals surface area contributed by atoms with Crippen molar-refractivity contribution < 1.29 is 9.53 Å². The Morgan fingerprint density at radius 3 is 2.32 bits per heavy atom. The van der Waals surface area contributed by atoms with Gasteiger partial charge in [-0.15, -0.1) is 11.3 Å². The average Bonchev–Trinajstić information content (AvgIpc) is 3.16. The maximum absolute atomic E-state index is 12.6. The van der Waals surface area contributed by atoms with Gasteiger partial charge in [-0.05, 0) is 48.0 Å². The van der Waals surface area contributed by atoms with E-state index in [9.17, 15) is 10.1 Å². The number of nitrogens with zero attached hydrogens (tertiary/aromatic N) is 1. The highest BCUT2D eigenvalue weighted by molar-refractivity contribution is 7.15. The fourth-order valence-corrected chi connectivity index (χ4v) is 3.30. The second kappa shape index (κ2) is 7.61. The summed E-state index contributed by atoms with van der Waals surface area (Å²) in [4.78, 5) is 14.0. The Balaban J connectivity index is 1.87. The molecule has 4 heteroatoms.